The highest BCUT2D eigenvalue weighted by atomic mass is 32.2. The maximum atomic E-state index is 13.8. The number of esters is 1. The van der Waals surface area contributed by atoms with Gasteiger partial charge in [-0.1, -0.05) is 84.6 Å². The van der Waals surface area contributed by atoms with Crippen LogP contribution >= 0.6 is 11.8 Å². The predicted octanol–water partition coefficient (Wildman–Crippen LogP) is 6.11. The Morgan fingerprint density at radius 1 is 0.930 bits per heavy atom. The number of hydrogen-bond acceptors (Lipinski definition) is 12. The molecule has 4 atom stereocenters. The molecule has 1 aliphatic heterocycles. The van der Waals surface area contributed by atoms with Gasteiger partial charge in [0.2, 0.25) is 11.8 Å². The molecule has 296 valence electrons. The van der Waals surface area contributed by atoms with Gasteiger partial charge in [-0.05, 0) is 53.3 Å². The number of morpholine rings is 1. The number of anilines is 1. The molecule has 6 rings (SSSR count). The number of carboxylic acid groups (broad SMARTS) is 1. The fraction of sp³-hybridized carbons (Fsp3) is 0.293. The number of alkyl carbamates (subject to hydrolysis) is 1. The number of nitrogens with zero attached hydrogens (tertiary/aromatic N) is 4. The molecular formula is C41H42N6O9S. The van der Waals surface area contributed by atoms with Crippen molar-refractivity contribution < 1.29 is 42.9 Å². The molecule has 0 spiro atoms. The van der Waals surface area contributed by atoms with Gasteiger partial charge >= 0.3 is 18.2 Å². The summed E-state index contributed by atoms with van der Waals surface area (Å²) in [5.74, 6) is -0.456. The monoisotopic (exact) mass is 794 g/mol. The summed E-state index contributed by atoms with van der Waals surface area (Å²) in [6.07, 6.45) is 1.06. The molecule has 3 amide bonds. The molecule has 16 heteroatoms. The number of carbonyl (C=O) groups excluding carboxylic acids is 3. The van der Waals surface area contributed by atoms with E-state index >= 15 is 0 Å². The van der Waals surface area contributed by atoms with Gasteiger partial charge in [-0.25, -0.2) is 9.59 Å². The lowest BCUT2D eigenvalue weighted by Crippen LogP contribution is -2.59. The van der Waals surface area contributed by atoms with E-state index in [1.54, 1.807) is 36.7 Å². The zero-order valence-corrected chi connectivity index (χ0v) is 32.1. The average Bonchev–Trinajstić information content (AvgIpc) is 3.71. The van der Waals surface area contributed by atoms with Gasteiger partial charge in [-0.15, -0.1) is 10.2 Å². The van der Waals surface area contributed by atoms with Gasteiger partial charge in [0.15, 0.2) is 0 Å². The van der Waals surface area contributed by atoms with Gasteiger partial charge in [-0.2, -0.15) is 0 Å². The minimum Gasteiger partial charge on any atom is -0.465 e. The molecule has 5 aromatic rings. The van der Waals surface area contributed by atoms with Crippen molar-refractivity contribution in [1.82, 2.24) is 25.4 Å². The number of aromatic nitrogens is 3. The van der Waals surface area contributed by atoms with Crippen molar-refractivity contribution in [1.29, 1.82) is 0 Å². The molecular weight excluding hydrogens is 753 g/mol. The van der Waals surface area contributed by atoms with E-state index in [4.69, 9.17) is 18.6 Å². The van der Waals surface area contributed by atoms with Crippen LogP contribution in [0.25, 0.3) is 22.6 Å². The quantitative estimate of drug-likeness (QED) is 0.0813. The number of rotatable bonds is 15. The van der Waals surface area contributed by atoms with Crippen LogP contribution in [-0.4, -0.2) is 99.6 Å². The first-order valence-electron chi connectivity index (χ1n) is 18.2. The molecule has 1 saturated heterocycles. The molecule has 3 aromatic carbocycles. The summed E-state index contributed by atoms with van der Waals surface area (Å²) in [5, 5.41) is 24.4. The Hall–Kier alpha value is -6.26. The molecule has 15 nitrogen and oxygen atoms in total. The van der Waals surface area contributed by atoms with E-state index in [0.29, 0.717) is 30.0 Å². The highest BCUT2D eigenvalue weighted by Crippen LogP contribution is 2.30. The van der Waals surface area contributed by atoms with Crippen molar-refractivity contribution in [2.45, 2.75) is 55.7 Å². The first-order valence-corrected chi connectivity index (χ1v) is 19.2. The molecule has 1 aliphatic rings. The van der Waals surface area contributed by atoms with Crippen LogP contribution in [-0.2, 0) is 36.6 Å². The topological polar surface area (TPSA) is 195 Å². The number of para-hydroxylation sites is 1. The lowest BCUT2D eigenvalue weighted by atomic mass is 9.99. The maximum Gasteiger partial charge on any atom is 0.407 e. The normalized spacial score (nSPS) is 16.9. The Balaban J connectivity index is 1.13. The Kier molecular flexibility index (Phi) is 13.9. The summed E-state index contributed by atoms with van der Waals surface area (Å²) in [5.41, 5.74) is 4.94. The first kappa shape index (κ1) is 40.4. The number of carbonyl (C=O) groups is 4. The van der Waals surface area contributed by atoms with Crippen molar-refractivity contribution in [2.75, 3.05) is 31.3 Å². The lowest BCUT2D eigenvalue weighted by Gasteiger charge is -2.43. The van der Waals surface area contributed by atoms with Crippen LogP contribution in [0.5, 0.6) is 0 Å². The third-order valence-electron chi connectivity index (χ3n) is 9.31. The Bertz CT molecular complexity index is 2120. The second-order valence-corrected chi connectivity index (χ2v) is 14.1. The Morgan fingerprint density at radius 3 is 2.37 bits per heavy atom. The van der Waals surface area contributed by atoms with Crippen LogP contribution in [0.1, 0.15) is 24.5 Å². The van der Waals surface area contributed by atoms with Crippen LogP contribution in [0, 0.1) is 0 Å². The van der Waals surface area contributed by atoms with Gasteiger partial charge in [0, 0.05) is 42.7 Å². The summed E-state index contributed by atoms with van der Waals surface area (Å²) in [6.45, 7) is 1.09. The minimum absolute atomic E-state index is 0.0257. The van der Waals surface area contributed by atoms with Crippen molar-refractivity contribution in [3.63, 3.8) is 0 Å². The molecule has 2 aromatic heterocycles. The molecule has 0 bridgehead atoms. The Labute approximate surface area is 333 Å². The van der Waals surface area contributed by atoms with E-state index in [-0.39, 0.29) is 30.5 Å². The molecule has 57 heavy (non-hydrogen) atoms. The average molecular weight is 795 g/mol. The molecule has 1 fully saturated rings. The number of hydrogen-bond donors (Lipinski definition) is 3. The van der Waals surface area contributed by atoms with Crippen LogP contribution in [0.2, 0.25) is 0 Å². The fourth-order valence-electron chi connectivity index (χ4n) is 6.41. The highest BCUT2D eigenvalue weighted by molar-refractivity contribution is 7.99. The molecule has 0 saturated carbocycles. The van der Waals surface area contributed by atoms with Gasteiger partial charge in [0.05, 0.1) is 31.9 Å². The molecule has 0 aliphatic carbocycles. The van der Waals surface area contributed by atoms with Gasteiger partial charge in [-0.3, -0.25) is 19.5 Å². The number of amides is 3. The maximum absolute atomic E-state index is 13.8. The number of benzene rings is 3. The van der Waals surface area contributed by atoms with Crippen LogP contribution in [0.4, 0.5) is 15.3 Å². The molecule has 0 radical (unpaired) electrons. The standard InChI is InChI=1S/C41H42N6O9S/c1-26(48)54-24-35-36(25-57-40-46-45-38(56-40)31-18-20-42-21-19-31)55-32(23-47(35)41(51)52)17-16-30-10-6-7-11-33(30)43-37(49)34(44-39(50)53-2)22-27-12-14-29(15-13-27)28-8-4-3-5-9-28/h3-15,18-21,32,34-36H,16-17,22-25H2,1-2H3,(H,43,49)(H,44,50)(H,51,52)/t32-,34+,35?,36?/m1/s1. The fourth-order valence-corrected chi connectivity index (χ4v) is 7.25. The van der Waals surface area contributed by atoms with E-state index in [0.717, 1.165) is 22.3 Å². The van der Waals surface area contributed by atoms with Crippen LogP contribution in [0.15, 0.2) is 113 Å². The van der Waals surface area contributed by atoms with E-state index in [2.05, 4.69) is 25.8 Å². The zero-order valence-electron chi connectivity index (χ0n) is 31.3. The summed E-state index contributed by atoms with van der Waals surface area (Å²) >= 11 is 1.20. The largest absolute Gasteiger partial charge is 0.465 e. The SMILES string of the molecule is COC(=O)N[C@@H](Cc1ccc(-c2ccccc2)cc1)C(=O)Nc1ccccc1CC[C@@H]1CN(C(=O)O)C(COC(C)=O)C(CSc2nnc(-c3ccncc3)o2)O1. The first-order chi connectivity index (χ1) is 27.7. The van der Waals surface area contributed by atoms with Crippen LogP contribution in [0.3, 0.4) is 0 Å². The number of pyridine rings is 1. The third kappa shape index (κ3) is 11.2. The number of aryl methyl sites for hydroxylation is 1. The smallest absolute Gasteiger partial charge is 0.407 e. The summed E-state index contributed by atoms with van der Waals surface area (Å²) in [4.78, 5) is 55.6. The predicted molar refractivity (Wildman–Crippen MR) is 210 cm³/mol. The number of ether oxygens (including phenoxy) is 3. The minimum atomic E-state index is -1.18. The van der Waals surface area contributed by atoms with Gasteiger partial charge in [0.1, 0.15) is 12.6 Å². The zero-order chi connectivity index (χ0) is 40.1. The molecule has 3 N–H and O–H groups in total. The van der Waals surface area contributed by atoms with Crippen molar-refractivity contribution in [2.24, 2.45) is 0 Å². The highest BCUT2D eigenvalue weighted by Gasteiger charge is 2.40. The summed E-state index contributed by atoms with van der Waals surface area (Å²) in [7, 11) is 1.24. The van der Waals surface area contributed by atoms with E-state index < -0.39 is 48.4 Å². The second kappa shape index (κ2) is 19.6. The lowest BCUT2D eigenvalue weighted by molar-refractivity contribution is -0.151. The van der Waals surface area contributed by atoms with Crippen molar-refractivity contribution in [3.8, 4) is 22.6 Å². The second-order valence-electron chi connectivity index (χ2n) is 13.2. The van der Waals surface area contributed by atoms with E-state index in [1.807, 2.05) is 66.7 Å². The number of methoxy groups -OCH3 is 1. The third-order valence-corrected chi connectivity index (χ3v) is 10.2. The number of thioether (sulfide) groups is 1. The van der Waals surface area contributed by atoms with Crippen LogP contribution < -0.4 is 10.6 Å². The molecule has 3 heterocycles. The number of nitrogens with one attached hydrogen (secondary N) is 2. The van der Waals surface area contributed by atoms with Crippen molar-refractivity contribution >= 4 is 41.5 Å². The van der Waals surface area contributed by atoms with Crippen molar-refractivity contribution in [3.05, 3.63) is 115 Å². The summed E-state index contributed by atoms with van der Waals surface area (Å²) < 4.78 is 22.4. The van der Waals surface area contributed by atoms with Gasteiger partial charge < -0.3 is 34.4 Å². The Morgan fingerprint density at radius 2 is 1.65 bits per heavy atom. The van der Waals surface area contributed by atoms with E-state index in [1.165, 1.54) is 30.7 Å². The van der Waals surface area contributed by atoms with E-state index in [9.17, 15) is 24.3 Å². The summed E-state index contributed by atoms with van der Waals surface area (Å²) in [6, 6.07) is 26.7. The van der Waals surface area contributed by atoms with Gasteiger partial charge in [0.25, 0.3) is 5.22 Å². The molecule has 2 unspecified atom stereocenters.